The van der Waals surface area contributed by atoms with Gasteiger partial charge in [-0.25, -0.2) is 0 Å². The van der Waals surface area contributed by atoms with E-state index < -0.39 is 0 Å². The van der Waals surface area contributed by atoms with Crippen molar-refractivity contribution in [3.05, 3.63) is 118 Å². The molecule has 1 aliphatic carbocycles. The SMILES string of the molecule is CCC1c2ccccc2-c2cc(C3=C4C(=O)N(C)C(c5ccc6c(c5)c5ccccc5n6CC)=C4C(=O)N3C)ccc21. The maximum Gasteiger partial charge on any atom is 0.261 e. The number of aromatic nitrogens is 1. The molecule has 3 aliphatic rings. The van der Waals surface area contributed by atoms with Crippen LogP contribution in [0.25, 0.3) is 44.3 Å². The molecular formula is C37H31N3O2. The maximum absolute atomic E-state index is 13.9. The van der Waals surface area contributed by atoms with E-state index >= 15 is 0 Å². The molecule has 2 amide bonds. The summed E-state index contributed by atoms with van der Waals surface area (Å²) in [6.45, 7) is 5.24. The average Bonchev–Trinajstić information content (AvgIpc) is 3.68. The van der Waals surface area contributed by atoms with Crippen LogP contribution >= 0.6 is 0 Å². The largest absolute Gasteiger partial charge is 0.341 e. The number of carbonyl (C=O) groups is 2. The lowest BCUT2D eigenvalue weighted by Crippen LogP contribution is -2.25. The Morgan fingerprint density at radius 3 is 1.93 bits per heavy atom. The van der Waals surface area contributed by atoms with E-state index in [1.165, 1.54) is 33.2 Å². The number of nitrogens with zero attached hydrogens (tertiary/aromatic N) is 3. The fourth-order valence-corrected chi connectivity index (χ4v) is 7.64. The van der Waals surface area contributed by atoms with Crippen LogP contribution in [0.15, 0.2) is 96.1 Å². The highest BCUT2D eigenvalue weighted by atomic mass is 16.2. The molecule has 1 aromatic heterocycles. The van der Waals surface area contributed by atoms with Gasteiger partial charge in [-0.2, -0.15) is 0 Å². The van der Waals surface area contributed by atoms with Crippen LogP contribution in [0.1, 0.15) is 48.4 Å². The van der Waals surface area contributed by atoms with Crippen LogP contribution in [0.5, 0.6) is 0 Å². The van der Waals surface area contributed by atoms with Crippen LogP contribution in [-0.4, -0.2) is 40.3 Å². The summed E-state index contributed by atoms with van der Waals surface area (Å²) in [6.07, 6.45) is 1.02. The highest BCUT2D eigenvalue weighted by molar-refractivity contribution is 6.30. The lowest BCUT2D eigenvalue weighted by molar-refractivity contribution is -0.123. The molecular weight excluding hydrogens is 518 g/mol. The van der Waals surface area contributed by atoms with E-state index in [9.17, 15) is 9.59 Å². The lowest BCUT2D eigenvalue weighted by atomic mass is 9.93. The smallest absolute Gasteiger partial charge is 0.261 e. The Bertz CT molecular complexity index is 2090. The molecule has 0 spiro atoms. The monoisotopic (exact) mass is 549 g/mol. The molecule has 206 valence electrons. The van der Waals surface area contributed by atoms with Crippen molar-refractivity contribution in [1.29, 1.82) is 0 Å². The van der Waals surface area contributed by atoms with Gasteiger partial charge in [0.2, 0.25) is 0 Å². The van der Waals surface area contributed by atoms with Gasteiger partial charge in [0.15, 0.2) is 0 Å². The van der Waals surface area contributed by atoms with Gasteiger partial charge in [-0.15, -0.1) is 0 Å². The molecule has 0 saturated heterocycles. The second-order valence-electron chi connectivity index (χ2n) is 11.5. The number of amides is 2. The summed E-state index contributed by atoms with van der Waals surface area (Å²) in [4.78, 5) is 31.2. The predicted molar refractivity (Wildman–Crippen MR) is 169 cm³/mol. The molecule has 4 aromatic carbocycles. The molecule has 1 atom stereocenters. The minimum absolute atomic E-state index is 0.142. The van der Waals surface area contributed by atoms with E-state index in [2.05, 4.69) is 97.3 Å². The first-order chi connectivity index (χ1) is 20.4. The summed E-state index contributed by atoms with van der Waals surface area (Å²) < 4.78 is 2.31. The van der Waals surface area contributed by atoms with Crippen LogP contribution < -0.4 is 0 Å². The van der Waals surface area contributed by atoms with E-state index in [1.54, 1.807) is 23.9 Å². The molecule has 3 heterocycles. The van der Waals surface area contributed by atoms with Gasteiger partial charge >= 0.3 is 0 Å². The number of benzene rings is 4. The molecule has 0 N–H and O–H groups in total. The van der Waals surface area contributed by atoms with Gasteiger partial charge in [-0.1, -0.05) is 67.6 Å². The third-order valence-electron chi connectivity index (χ3n) is 9.53. The van der Waals surface area contributed by atoms with Crippen LogP contribution in [0, 0.1) is 0 Å². The normalized spacial score (nSPS) is 17.8. The molecule has 5 aromatic rings. The molecule has 42 heavy (non-hydrogen) atoms. The molecule has 8 rings (SSSR count). The zero-order valence-electron chi connectivity index (χ0n) is 24.2. The van der Waals surface area contributed by atoms with E-state index in [0.717, 1.165) is 35.0 Å². The van der Waals surface area contributed by atoms with Crippen LogP contribution in [0.3, 0.4) is 0 Å². The molecule has 1 unspecified atom stereocenters. The standard InChI is InChI=1S/C37H31N3O2/c1-5-23-24-11-7-8-12-25(24)28-19-21(15-17-26(23)28)34-32-33(37(42)38(34)3)35(39(4)36(32)41)22-16-18-31-29(20-22)27-13-9-10-14-30(27)40(31)6-2/h7-20,23H,5-6H2,1-4H3. The first-order valence-corrected chi connectivity index (χ1v) is 14.7. The molecule has 0 fully saturated rings. The lowest BCUT2D eigenvalue weighted by Gasteiger charge is -2.20. The Morgan fingerprint density at radius 2 is 1.21 bits per heavy atom. The average molecular weight is 550 g/mol. The fraction of sp³-hybridized carbons (Fsp3) is 0.189. The second-order valence-corrected chi connectivity index (χ2v) is 11.5. The predicted octanol–water partition coefficient (Wildman–Crippen LogP) is 7.40. The highest BCUT2D eigenvalue weighted by Gasteiger charge is 2.47. The quantitative estimate of drug-likeness (QED) is 0.234. The summed E-state index contributed by atoms with van der Waals surface area (Å²) in [5.74, 6) is 0.0768. The number of carbonyl (C=O) groups excluding carboxylic acids is 2. The molecule has 0 saturated carbocycles. The number of hydrogen-bond acceptors (Lipinski definition) is 2. The van der Waals surface area contributed by atoms with Crippen LogP contribution in [0.4, 0.5) is 0 Å². The highest BCUT2D eigenvalue weighted by Crippen LogP contribution is 2.50. The number of hydrogen-bond donors (Lipinski definition) is 0. The topological polar surface area (TPSA) is 45.6 Å². The Hall–Kier alpha value is -4.90. The Labute approximate surface area is 245 Å². The van der Waals surface area contributed by atoms with Crippen molar-refractivity contribution in [3.63, 3.8) is 0 Å². The minimum atomic E-state index is -0.142. The number of para-hydroxylation sites is 1. The summed E-state index contributed by atoms with van der Waals surface area (Å²) in [5.41, 5.74) is 11.5. The molecule has 2 aliphatic heterocycles. The van der Waals surface area contributed by atoms with E-state index in [1.807, 2.05) is 6.07 Å². The van der Waals surface area contributed by atoms with Crippen molar-refractivity contribution in [1.82, 2.24) is 14.4 Å². The third kappa shape index (κ3) is 3.08. The zero-order valence-corrected chi connectivity index (χ0v) is 24.2. The summed E-state index contributed by atoms with van der Waals surface area (Å²) >= 11 is 0. The minimum Gasteiger partial charge on any atom is -0.341 e. The van der Waals surface area contributed by atoms with Crippen molar-refractivity contribution in [2.24, 2.45) is 0 Å². The van der Waals surface area contributed by atoms with Crippen molar-refractivity contribution in [3.8, 4) is 11.1 Å². The van der Waals surface area contributed by atoms with E-state index in [-0.39, 0.29) is 11.8 Å². The maximum atomic E-state index is 13.9. The summed E-state index contributed by atoms with van der Waals surface area (Å²) in [7, 11) is 3.57. The van der Waals surface area contributed by atoms with E-state index in [0.29, 0.717) is 28.5 Å². The number of fused-ring (bicyclic) bond motifs is 7. The summed E-state index contributed by atoms with van der Waals surface area (Å²) in [5, 5.41) is 2.29. The first kappa shape index (κ1) is 24.9. The molecule has 5 heteroatoms. The van der Waals surface area contributed by atoms with Crippen LogP contribution in [0.2, 0.25) is 0 Å². The zero-order chi connectivity index (χ0) is 28.9. The number of rotatable bonds is 4. The van der Waals surface area contributed by atoms with Gasteiger partial charge < -0.3 is 14.4 Å². The van der Waals surface area contributed by atoms with Gasteiger partial charge in [0, 0.05) is 48.4 Å². The number of likely N-dealkylation sites (N-methyl/N-ethyl adjacent to an activating group) is 2. The Kier molecular flexibility index (Phi) is 5.21. The van der Waals surface area contributed by atoms with Gasteiger partial charge in [-0.3, -0.25) is 9.59 Å². The van der Waals surface area contributed by atoms with E-state index in [4.69, 9.17) is 0 Å². The van der Waals surface area contributed by atoms with Gasteiger partial charge in [-0.05, 0) is 71.0 Å². The van der Waals surface area contributed by atoms with Crippen LogP contribution in [-0.2, 0) is 16.1 Å². The van der Waals surface area contributed by atoms with Gasteiger partial charge in [0.25, 0.3) is 11.8 Å². The molecule has 0 radical (unpaired) electrons. The number of aryl methyl sites for hydroxylation is 1. The van der Waals surface area contributed by atoms with Gasteiger partial charge in [0.1, 0.15) is 0 Å². The van der Waals surface area contributed by atoms with Crippen molar-refractivity contribution in [2.75, 3.05) is 14.1 Å². The first-order valence-electron chi connectivity index (χ1n) is 14.7. The third-order valence-corrected chi connectivity index (χ3v) is 9.53. The van der Waals surface area contributed by atoms with Crippen molar-refractivity contribution < 1.29 is 9.59 Å². The second kappa shape index (κ2) is 8.80. The van der Waals surface area contributed by atoms with Gasteiger partial charge in [0.05, 0.1) is 22.5 Å². The van der Waals surface area contributed by atoms with Crippen molar-refractivity contribution in [2.45, 2.75) is 32.7 Å². The molecule has 0 bridgehead atoms. The Balaban J connectivity index is 1.33. The van der Waals surface area contributed by atoms with Crippen molar-refractivity contribution >= 4 is 45.0 Å². The Morgan fingerprint density at radius 1 is 0.619 bits per heavy atom. The summed E-state index contributed by atoms with van der Waals surface area (Å²) in [6, 6.07) is 29.7. The molecule has 5 nitrogen and oxygen atoms in total. The fourth-order valence-electron chi connectivity index (χ4n) is 7.64.